The van der Waals surface area contributed by atoms with Crippen LogP contribution in [0.1, 0.15) is 23.8 Å². The highest BCUT2D eigenvalue weighted by molar-refractivity contribution is 5.92. The predicted molar refractivity (Wildman–Crippen MR) is 76.7 cm³/mol. The van der Waals surface area contributed by atoms with Gasteiger partial charge in [-0.05, 0) is 25.5 Å². The topological polar surface area (TPSA) is 37.7 Å². The predicted octanol–water partition coefficient (Wildman–Crippen LogP) is 0.960. The van der Waals surface area contributed by atoms with E-state index in [1.54, 1.807) is 0 Å². The monoisotopic (exact) mass is 277 g/mol. The van der Waals surface area contributed by atoms with Crippen molar-refractivity contribution >= 4 is 5.91 Å². The molecule has 0 bridgehead atoms. The summed E-state index contributed by atoms with van der Waals surface area (Å²) < 4.78 is 7.63. The highest BCUT2D eigenvalue weighted by atomic mass is 16.5. The Labute approximate surface area is 120 Å². The van der Waals surface area contributed by atoms with Gasteiger partial charge in [0.1, 0.15) is 5.69 Å². The standard InChI is InChI=1S/C15H23N3O2/c1-3-20-13-9-12-10-18(8-7-17(12)11-13)15(19)14-5-4-6-16(14)2/h4-6,12-13H,3,7-11H2,1-2H3/t12-,13-/m1/s1. The number of hydrogen-bond acceptors (Lipinski definition) is 3. The molecule has 2 atom stereocenters. The average Bonchev–Trinajstić information content (AvgIpc) is 3.03. The molecule has 1 amide bonds. The van der Waals surface area contributed by atoms with Gasteiger partial charge >= 0.3 is 0 Å². The number of amides is 1. The van der Waals surface area contributed by atoms with Gasteiger partial charge in [-0.2, -0.15) is 0 Å². The lowest BCUT2D eigenvalue weighted by Gasteiger charge is -2.37. The lowest BCUT2D eigenvalue weighted by atomic mass is 10.1. The third kappa shape index (κ3) is 2.47. The Kier molecular flexibility index (Phi) is 3.81. The number of fused-ring (bicyclic) bond motifs is 1. The van der Waals surface area contributed by atoms with E-state index < -0.39 is 0 Å². The molecular formula is C15H23N3O2. The van der Waals surface area contributed by atoms with E-state index in [2.05, 4.69) is 4.90 Å². The van der Waals surface area contributed by atoms with Gasteiger partial charge in [0.15, 0.2) is 0 Å². The van der Waals surface area contributed by atoms with Gasteiger partial charge in [-0.1, -0.05) is 0 Å². The normalized spacial score (nSPS) is 26.8. The second kappa shape index (κ2) is 5.58. The van der Waals surface area contributed by atoms with E-state index in [-0.39, 0.29) is 5.91 Å². The minimum Gasteiger partial charge on any atom is -0.377 e. The van der Waals surface area contributed by atoms with Crippen LogP contribution in [0, 0.1) is 0 Å². The van der Waals surface area contributed by atoms with Crippen molar-refractivity contribution in [3.05, 3.63) is 24.0 Å². The summed E-state index contributed by atoms with van der Waals surface area (Å²) in [4.78, 5) is 17.0. The molecule has 0 saturated carbocycles. The third-order valence-electron chi connectivity index (χ3n) is 4.43. The fraction of sp³-hybridized carbons (Fsp3) is 0.667. The van der Waals surface area contributed by atoms with E-state index in [9.17, 15) is 4.79 Å². The van der Waals surface area contributed by atoms with E-state index in [0.717, 1.165) is 44.9 Å². The zero-order valence-corrected chi connectivity index (χ0v) is 12.3. The van der Waals surface area contributed by atoms with Crippen LogP contribution in [0.25, 0.3) is 0 Å². The van der Waals surface area contributed by atoms with Crippen molar-refractivity contribution in [2.45, 2.75) is 25.5 Å². The Hall–Kier alpha value is -1.33. The summed E-state index contributed by atoms with van der Waals surface area (Å²) >= 11 is 0. The summed E-state index contributed by atoms with van der Waals surface area (Å²) in [7, 11) is 1.92. The van der Waals surface area contributed by atoms with Crippen molar-refractivity contribution in [3.63, 3.8) is 0 Å². The minimum atomic E-state index is 0.150. The molecule has 0 radical (unpaired) electrons. The molecule has 0 unspecified atom stereocenters. The van der Waals surface area contributed by atoms with Gasteiger partial charge in [0.05, 0.1) is 6.10 Å². The first kappa shape index (κ1) is 13.6. The average molecular weight is 277 g/mol. The van der Waals surface area contributed by atoms with Crippen LogP contribution in [0.4, 0.5) is 0 Å². The zero-order valence-electron chi connectivity index (χ0n) is 12.3. The second-order valence-corrected chi connectivity index (χ2v) is 5.72. The highest BCUT2D eigenvalue weighted by Gasteiger charge is 2.38. The summed E-state index contributed by atoms with van der Waals surface area (Å²) in [5, 5.41) is 0. The molecule has 110 valence electrons. The molecule has 0 aliphatic carbocycles. The SMILES string of the molecule is CCO[C@@H]1C[C@@H]2CN(C(=O)c3cccn3C)CCN2C1. The number of ether oxygens (including phenoxy) is 1. The maximum absolute atomic E-state index is 12.5. The lowest BCUT2D eigenvalue weighted by Crippen LogP contribution is -2.52. The maximum atomic E-state index is 12.5. The van der Waals surface area contributed by atoms with E-state index in [4.69, 9.17) is 4.74 Å². The van der Waals surface area contributed by atoms with Crippen LogP contribution in [0.5, 0.6) is 0 Å². The Morgan fingerprint density at radius 3 is 2.95 bits per heavy atom. The van der Waals surface area contributed by atoms with Crippen LogP contribution in [-0.4, -0.2) is 65.2 Å². The molecule has 0 spiro atoms. The van der Waals surface area contributed by atoms with Crippen LogP contribution >= 0.6 is 0 Å². The first-order valence-corrected chi connectivity index (χ1v) is 7.45. The summed E-state index contributed by atoms with van der Waals surface area (Å²) in [5.41, 5.74) is 0.776. The molecule has 0 N–H and O–H groups in total. The Balaban J connectivity index is 1.64. The number of aryl methyl sites for hydroxylation is 1. The van der Waals surface area contributed by atoms with Gasteiger partial charge in [-0.15, -0.1) is 0 Å². The van der Waals surface area contributed by atoms with Crippen LogP contribution < -0.4 is 0 Å². The molecule has 2 fully saturated rings. The van der Waals surface area contributed by atoms with Crippen LogP contribution in [0.3, 0.4) is 0 Å². The molecule has 1 aromatic rings. The number of carbonyl (C=O) groups is 1. The largest absolute Gasteiger partial charge is 0.377 e. The van der Waals surface area contributed by atoms with E-state index in [1.807, 2.05) is 41.8 Å². The van der Waals surface area contributed by atoms with Crippen molar-refractivity contribution in [2.75, 3.05) is 32.8 Å². The van der Waals surface area contributed by atoms with Crippen molar-refractivity contribution in [1.82, 2.24) is 14.4 Å². The van der Waals surface area contributed by atoms with Crippen molar-refractivity contribution < 1.29 is 9.53 Å². The van der Waals surface area contributed by atoms with E-state index >= 15 is 0 Å². The first-order chi connectivity index (χ1) is 9.69. The quantitative estimate of drug-likeness (QED) is 0.826. The van der Waals surface area contributed by atoms with Crippen molar-refractivity contribution in [3.8, 4) is 0 Å². The van der Waals surface area contributed by atoms with Gasteiger partial charge in [0.25, 0.3) is 5.91 Å². The first-order valence-electron chi connectivity index (χ1n) is 7.45. The van der Waals surface area contributed by atoms with Gasteiger partial charge in [-0.25, -0.2) is 0 Å². The van der Waals surface area contributed by atoms with Gasteiger partial charge in [0, 0.05) is 52.1 Å². The minimum absolute atomic E-state index is 0.150. The zero-order chi connectivity index (χ0) is 14.1. The molecule has 5 nitrogen and oxygen atoms in total. The molecule has 5 heteroatoms. The van der Waals surface area contributed by atoms with Crippen molar-refractivity contribution in [2.24, 2.45) is 7.05 Å². The van der Waals surface area contributed by atoms with Gasteiger partial charge < -0.3 is 14.2 Å². The third-order valence-corrected chi connectivity index (χ3v) is 4.43. The van der Waals surface area contributed by atoms with Gasteiger partial charge in [-0.3, -0.25) is 9.69 Å². The fourth-order valence-corrected chi connectivity index (χ4v) is 3.38. The molecular weight excluding hydrogens is 254 g/mol. The summed E-state index contributed by atoms with van der Waals surface area (Å²) in [6.07, 6.45) is 3.31. The van der Waals surface area contributed by atoms with E-state index in [0.29, 0.717) is 12.1 Å². The number of aromatic nitrogens is 1. The Morgan fingerprint density at radius 1 is 1.40 bits per heavy atom. The smallest absolute Gasteiger partial charge is 0.270 e. The van der Waals surface area contributed by atoms with Gasteiger partial charge in [0.2, 0.25) is 0 Å². The summed E-state index contributed by atoms with van der Waals surface area (Å²) in [5.74, 6) is 0.150. The summed E-state index contributed by atoms with van der Waals surface area (Å²) in [6, 6.07) is 4.28. The highest BCUT2D eigenvalue weighted by Crippen LogP contribution is 2.24. The molecule has 0 aromatic carbocycles. The number of nitrogens with zero attached hydrogens (tertiary/aromatic N) is 3. The molecule has 3 rings (SSSR count). The Morgan fingerprint density at radius 2 is 2.25 bits per heavy atom. The number of hydrogen-bond donors (Lipinski definition) is 0. The second-order valence-electron chi connectivity index (χ2n) is 5.72. The molecule has 1 aromatic heterocycles. The Bertz CT molecular complexity index is 485. The fourth-order valence-electron chi connectivity index (χ4n) is 3.38. The molecule has 2 saturated heterocycles. The molecule has 2 aliphatic rings. The van der Waals surface area contributed by atoms with E-state index in [1.165, 1.54) is 0 Å². The number of carbonyl (C=O) groups excluding carboxylic acids is 1. The molecule has 3 heterocycles. The summed E-state index contributed by atoms with van der Waals surface area (Å²) in [6.45, 7) is 6.45. The van der Waals surface area contributed by atoms with Crippen LogP contribution in [0.15, 0.2) is 18.3 Å². The maximum Gasteiger partial charge on any atom is 0.270 e. The molecule has 20 heavy (non-hydrogen) atoms. The van der Waals surface area contributed by atoms with Crippen LogP contribution in [0.2, 0.25) is 0 Å². The number of piperazine rings is 1. The molecule has 2 aliphatic heterocycles. The lowest BCUT2D eigenvalue weighted by molar-refractivity contribution is 0.0545. The van der Waals surface area contributed by atoms with Crippen LogP contribution in [-0.2, 0) is 11.8 Å². The van der Waals surface area contributed by atoms with Crippen molar-refractivity contribution in [1.29, 1.82) is 0 Å². The number of rotatable bonds is 3.